The van der Waals surface area contributed by atoms with Crippen LogP contribution in [0.25, 0.3) is 10.2 Å². The number of aryl methyl sites for hydroxylation is 4. The molecule has 2 aromatic heterocycles. The standard InChI is InChI=1S/C20H22N4OS2/c1-11-7-8-13(9-12(11)2)22-16(25)10-26-20-23-18(21)17-14-5-3-4-6-15(14)27-19(17)24-20/h7-9H,3-6,10H2,1-2H3,(H,22,25)(H2,21,23,24). The number of amides is 1. The molecule has 0 fully saturated rings. The maximum absolute atomic E-state index is 12.3. The van der Waals surface area contributed by atoms with Crippen LogP contribution in [0.15, 0.2) is 23.4 Å². The van der Waals surface area contributed by atoms with Gasteiger partial charge in [0, 0.05) is 10.6 Å². The van der Waals surface area contributed by atoms with Gasteiger partial charge in [-0.2, -0.15) is 0 Å². The van der Waals surface area contributed by atoms with Gasteiger partial charge in [-0.25, -0.2) is 9.97 Å². The van der Waals surface area contributed by atoms with Gasteiger partial charge < -0.3 is 11.1 Å². The van der Waals surface area contributed by atoms with Crippen LogP contribution in [0.1, 0.15) is 34.4 Å². The molecule has 3 N–H and O–H groups in total. The van der Waals surface area contributed by atoms with Crippen LogP contribution >= 0.6 is 23.1 Å². The van der Waals surface area contributed by atoms with Crippen molar-refractivity contribution in [3.63, 3.8) is 0 Å². The largest absolute Gasteiger partial charge is 0.383 e. The molecular formula is C20H22N4OS2. The normalized spacial score (nSPS) is 13.6. The van der Waals surface area contributed by atoms with Crippen molar-refractivity contribution < 1.29 is 4.79 Å². The van der Waals surface area contributed by atoms with Gasteiger partial charge in [-0.1, -0.05) is 17.8 Å². The van der Waals surface area contributed by atoms with Crippen molar-refractivity contribution in [3.8, 4) is 0 Å². The summed E-state index contributed by atoms with van der Waals surface area (Å²) in [5.41, 5.74) is 10.7. The molecule has 0 saturated carbocycles. The summed E-state index contributed by atoms with van der Waals surface area (Å²) in [6.07, 6.45) is 4.60. The van der Waals surface area contributed by atoms with Crippen molar-refractivity contribution in [3.05, 3.63) is 39.8 Å². The van der Waals surface area contributed by atoms with Gasteiger partial charge in [-0.3, -0.25) is 4.79 Å². The Labute approximate surface area is 166 Å². The first-order valence-electron chi connectivity index (χ1n) is 9.09. The second-order valence-electron chi connectivity index (χ2n) is 6.92. The van der Waals surface area contributed by atoms with E-state index in [2.05, 4.69) is 22.2 Å². The van der Waals surface area contributed by atoms with Crippen LogP contribution < -0.4 is 11.1 Å². The summed E-state index contributed by atoms with van der Waals surface area (Å²) >= 11 is 3.05. The first-order chi connectivity index (χ1) is 13.0. The predicted octanol–water partition coefficient (Wildman–Crippen LogP) is 4.50. The van der Waals surface area contributed by atoms with Crippen molar-refractivity contribution >= 4 is 50.7 Å². The Hall–Kier alpha value is -2.12. The Balaban J connectivity index is 1.47. The van der Waals surface area contributed by atoms with Gasteiger partial charge in [0.15, 0.2) is 5.16 Å². The number of thioether (sulfide) groups is 1. The number of rotatable bonds is 4. The maximum Gasteiger partial charge on any atom is 0.234 e. The number of benzene rings is 1. The average molecular weight is 399 g/mol. The minimum atomic E-state index is -0.0732. The topological polar surface area (TPSA) is 80.9 Å². The number of carbonyl (C=O) groups is 1. The molecular weight excluding hydrogens is 376 g/mol. The molecule has 1 aliphatic rings. The van der Waals surface area contributed by atoms with Gasteiger partial charge in [-0.05, 0) is 68.4 Å². The molecule has 4 rings (SSSR count). The number of anilines is 2. The van der Waals surface area contributed by atoms with Crippen LogP contribution in [-0.4, -0.2) is 21.6 Å². The highest BCUT2D eigenvalue weighted by atomic mass is 32.2. The minimum absolute atomic E-state index is 0.0732. The fraction of sp³-hybridized carbons (Fsp3) is 0.350. The van der Waals surface area contributed by atoms with Crippen molar-refractivity contribution in [2.75, 3.05) is 16.8 Å². The molecule has 27 heavy (non-hydrogen) atoms. The SMILES string of the molecule is Cc1ccc(NC(=O)CSc2nc(N)c3c4c(sc3n2)CCCC4)cc1C. The summed E-state index contributed by atoms with van der Waals surface area (Å²) in [6, 6.07) is 5.91. The first kappa shape index (κ1) is 18.3. The number of thiophene rings is 1. The third kappa shape index (κ3) is 3.80. The summed E-state index contributed by atoms with van der Waals surface area (Å²) in [5.74, 6) is 0.718. The van der Waals surface area contributed by atoms with Crippen LogP contribution in [0.3, 0.4) is 0 Å². The average Bonchev–Trinajstić information content (AvgIpc) is 3.02. The summed E-state index contributed by atoms with van der Waals surface area (Å²) in [6.45, 7) is 4.09. The van der Waals surface area contributed by atoms with E-state index in [1.807, 2.05) is 25.1 Å². The van der Waals surface area contributed by atoms with E-state index in [-0.39, 0.29) is 11.7 Å². The van der Waals surface area contributed by atoms with Gasteiger partial charge in [0.1, 0.15) is 10.6 Å². The highest BCUT2D eigenvalue weighted by Gasteiger charge is 2.20. The van der Waals surface area contributed by atoms with Crippen molar-refractivity contribution in [1.29, 1.82) is 0 Å². The number of nitrogens with one attached hydrogen (secondary N) is 1. The molecule has 1 aliphatic carbocycles. The summed E-state index contributed by atoms with van der Waals surface area (Å²) < 4.78 is 0. The zero-order valence-corrected chi connectivity index (χ0v) is 17.1. The lowest BCUT2D eigenvalue weighted by Crippen LogP contribution is -2.14. The molecule has 0 unspecified atom stereocenters. The molecule has 0 radical (unpaired) electrons. The number of nitrogens with zero attached hydrogens (tertiary/aromatic N) is 2. The third-order valence-corrected chi connectivity index (χ3v) is 6.98. The molecule has 2 heterocycles. The zero-order chi connectivity index (χ0) is 19.0. The highest BCUT2D eigenvalue weighted by molar-refractivity contribution is 7.99. The van der Waals surface area contributed by atoms with E-state index in [0.29, 0.717) is 11.0 Å². The fourth-order valence-corrected chi connectivity index (χ4v) is 5.35. The Morgan fingerprint density at radius 2 is 2.04 bits per heavy atom. The van der Waals surface area contributed by atoms with Crippen molar-refractivity contribution in [1.82, 2.24) is 9.97 Å². The smallest absolute Gasteiger partial charge is 0.234 e. The second kappa shape index (κ2) is 7.48. The Morgan fingerprint density at radius 1 is 1.22 bits per heavy atom. The highest BCUT2D eigenvalue weighted by Crippen LogP contribution is 2.38. The van der Waals surface area contributed by atoms with Crippen molar-refractivity contribution in [2.45, 2.75) is 44.7 Å². The van der Waals surface area contributed by atoms with Crippen LogP contribution in [0.2, 0.25) is 0 Å². The van der Waals surface area contributed by atoms with E-state index >= 15 is 0 Å². The van der Waals surface area contributed by atoms with E-state index in [4.69, 9.17) is 5.73 Å². The summed E-state index contributed by atoms with van der Waals surface area (Å²) in [5, 5.41) is 4.52. The van der Waals surface area contributed by atoms with Crippen LogP contribution in [0.4, 0.5) is 11.5 Å². The molecule has 0 atom stereocenters. The van der Waals surface area contributed by atoms with E-state index in [1.54, 1.807) is 11.3 Å². The molecule has 3 aromatic rings. The molecule has 0 bridgehead atoms. The first-order valence-corrected chi connectivity index (χ1v) is 10.9. The van der Waals surface area contributed by atoms with E-state index in [0.717, 1.165) is 34.3 Å². The molecule has 1 amide bonds. The van der Waals surface area contributed by atoms with E-state index < -0.39 is 0 Å². The number of aromatic nitrogens is 2. The Bertz CT molecular complexity index is 1030. The summed E-state index contributed by atoms with van der Waals surface area (Å²) in [4.78, 5) is 23.7. The lowest BCUT2D eigenvalue weighted by Gasteiger charge is -2.10. The molecule has 140 valence electrons. The maximum atomic E-state index is 12.3. The molecule has 1 aromatic carbocycles. The zero-order valence-electron chi connectivity index (χ0n) is 15.5. The molecule has 0 aliphatic heterocycles. The van der Waals surface area contributed by atoms with Gasteiger partial charge in [0.2, 0.25) is 5.91 Å². The number of hydrogen-bond donors (Lipinski definition) is 2. The van der Waals surface area contributed by atoms with Gasteiger partial charge in [0.25, 0.3) is 0 Å². The van der Waals surface area contributed by atoms with Crippen LogP contribution in [0.5, 0.6) is 0 Å². The molecule has 0 spiro atoms. The lowest BCUT2D eigenvalue weighted by atomic mass is 9.97. The molecule has 7 heteroatoms. The predicted molar refractivity (Wildman–Crippen MR) is 114 cm³/mol. The quantitative estimate of drug-likeness (QED) is 0.499. The molecule has 5 nitrogen and oxygen atoms in total. The molecule has 0 saturated heterocycles. The van der Waals surface area contributed by atoms with Crippen LogP contribution in [-0.2, 0) is 17.6 Å². The monoisotopic (exact) mass is 398 g/mol. The van der Waals surface area contributed by atoms with Gasteiger partial charge in [0.05, 0.1) is 11.1 Å². The Kier molecular flexibility index (Phi) is 5.06. The van der Waals surface area contributed by atoms with Crippen molar-refractivity contribution in [2.24, 2.45) is 0 Å². The Morgan fingerprint density at radius 3 is 2.85 bits per heavy atom. The van der Waals surface area contributed by atoms with E-state index in [9.17, 15) is 4.79 Å². The number of hydrogen-bond acceptors (Lipinski definition) is 6. The number of fused-ring (bicyclic) bond motifs is 3. The number of nitrogen functional groups attached to an aromatic ring is 1. The fourth-order valence-electron chi connectivity index (χ4n) is 3.38. The third-order valence-electron chi connectivity index (χ3n) is 4.95. The lowest BCUT2D eigenvalue weighted by molar-refractivity contribution is -0.113. The van der Waals surface area contributed by atoms with Gasteiger partial charge in [-0.15, -0.1) is 11.3 Å². The van der Waals surface area contributed by atoms with Gasteiger partial charge >= 0.3 is 0 Å². The van der Waals surface area contributed by atoms with Crippen LogP contribution in [0, 0.1) is 13.8 Å². The van der Waals surface area contributed by atoms with E-state index in [1.165, 1.54) is 40.6 Å². The number of nitrogens with two attached hydrogens (primary N) is 1. The second-order valence-corrected chi connectivity index (χ2v) is 8.94. The number of carbonyl (C=O) groups excluding carboxylic acids is 1. The minimum Gasteiger partial charge on any atom is -0.383 e. The summed E-state index contributed by atoms with van der Waals surface area (Å²) in [7, 11) is 0.